The van der Waals surface area contributed by atoms with Gasteiger partial charge in [-0.3, -0.25) is 0 Å². The standard InChI is InChI=1S/C73H80O13Si/c1-73(2,3)87(59-37-23-11-24-38-59,60-39-25-12-26-40-60)81-51-62-64-67(86-70(82-62)57-41-43-58(74-4)44-42-57)66(78-47-54-31-17-8-18-32-54)69(80-49-56-35-21-10-22-36-56)72(85-64)84-63-61(50-76-45-52-27-13-6-14-28-52)83-71(75-5)68(79-48-55-33-19-9-20-34-55)65(63)77-46-53-29-15-7-16-30-53/h6-44,61-72H,45-51H2,1-5H3/t61-,62+,63-,64-,65+,66+,67-,68-,69+,70?,71+,72-/m1/s1. The second kappa shape index (κ2) is 30.0. The summed E-state index contributed by atoms with van der Waals surface area (Å²) in [6.45, 7) is 8.16. The van der Waals surface area contributed by atoms with E-state index in [0.29, 0.717) is 12.4 Å². The molecule has 3 aliphatic heterocycles. The number of methoxy groups -OCH3 is 2. The van der Waals surface area contributed by atoms with Gasteiger partial charge >= 0.3 is 0 Å². The Labute approximate surface area is 513 Å². The average molecular weight is 1190 g/mol. The fraction of sp³-hybridized carbons (Fsp3) is 0.342. The largest absolute Gasteiger partial charge is 0.497 e. The van der Waals surface area contributed by atoms with Crippen molar-refractivity contribution >= 4 is 18.7 Å². The maximum atomic E-state index is 7.81. The molecule has 14 heteroatoms. The Balaban J connectivity index is 1.04. The quantitative estimate of drug-likeness (QED) is 0.0479. The molecule has 0 bridgehead atoms. The Bertz CT molecular complexity index is 3220. The molecule has 87 heavy (non-hydrogen) atoms. The second-order valence-electron chi connectivity index (χ2n) is 23.2. The van der Waals surface area contributed by atoms with Gasteiger partial charge in [0.1, 0.15) is 60.7 Å². The van der Waals surface area contributed by atoms with Crippen LogP contribution in [0.25, 0.3) is 0 Å². The zero-order valence-corrected chi connectivity index (χ0v) is 51.2. The summed E-state index contributed by atoms with van der Waals surface area (Å²) in [5.41, 5.74) is 5.59. The van der Waals surface area contributed by atoms with Crippen LogP contribution in [0.15, 0.2) is 237 Å². The predicted molar refractivity (Wildman–Crippen MR) is 334 cm³/mol. The van der Waals surface area contributed by atoms with E-state index in [2.05, 4.69) is 69.3 Å². The van der Waals surface area contributed by atoms with E-state index in [9.17, 15) is 0 Å². The maximum absolute atomic E-state index is 7.81. The molecule has 11 rings (SSSR count). The van der Waals surface area contributed by atoms with Crippen molar-refractivity contribution in [1.29, 1.82) is 0 Å². The van der Waals surface area contributed by atoms with Crippen LogP contribution in [0.1, 0.15) is 60.4 Å². The van der Waals surface area contributed by atoms with Gasteiger partial charge < -0.3 is 61.3 Å². The van der Waals surface area contributed by atoms with Crippen molar-refractivity contribution in [2.45, 2.75) is 133 Å². The highest BCUT2D eigenvalue weighted by atomic mass is 28.4. The van der Waals surface area contributed by atoms with Gasteiger partial charge in [0.25, 0.3) is 8.32 Å². The molecule has 3 aliphatic rings. The van der Waals surface area contributed by atoms with Crippen molar-refractivity contribution in [2.24, 2.45) is 0 Å². The van der Waals surface area contributed by atoms with E-state index in [4.69, 9.17) is 61.3 Å². The van der Waals surface area contributed by atoms with Crippen molar-refractivity contribution in [3.05, 3.63) is 270 Å². The van der Waals surface area contributed by atoms with Crippen LogP contribution in [0.3, 0.4) is 0 Å². The summed E-state index contributed by atoms with van der Waals surface area (Å²) in [4.78, 5) is 0. The third kappa shape index (κ3) is 15.2. The lowest BCUT2D eigenvalue weighted by atomic mass is 9.92. The zero-order chi connectivity index (χ0) is 59.8. The number of ether oxygens (including phenoxy) is 12. The summed E-state index contributed by atoms with van der Waals surface area (Å²) < 4.78 is 92.0. The molecule has 454 valence electrons. The Morgan fingerprint density at radius 1 is 0.379 bits per heavy atom. The first kappa shape index (κ1) is 61.9. The lowest BCUT2D eigenvalue weighted by Crippen LogP contribution is -2.70. The Morgan fingerprint density at radius 2 is 0.805 bits per heavy atom. The molecule has 3 heterocycles. The van der Waals surface area contributed by atoms with E-state index in [0.717, 1.165) is 43.8 Å². The number of fused-ring (bicyclic) bond motifs is 1. The van der Waals surface area contributed by atoms with Gasteiger partial charge in [0.2, 0.25) is 0 Å². The summed E-state index contributed by atoms with van der Waals surface area (Å²) in [5, 5.41) is 1.89. The minimum Gasteiger partial charge on any atom is -0.497 e. The van der Waals surface area contributed by atoms with Crippen LogP contribution >= 0.6 is 0 Å². The first-order chi connectivity index (χ1) is 42.7. The zero-order valence-electron chi connectivity index (χ0n) is 50.2. The third-order valence-electron chi connectivity index (χ3n) is 16.4. The van der Waals surface area contributed by atoms with Gasteiger partial charge in [0, 0.05) is 12.7 Å². The van der Waals surface area contributed by atoms with Crippen LogP contribution in [0.4, 0.5) is 0 Å². The molecule has 0 aliphatic carbocycles. The first-order valence-electron chi connectivity index (χ1n) is 30.1. The molecule has 3 fully saturated rings. The normalized spacial score (nSPS) is 24.9. The molecule has 0 saturated carbocycles. The van der Waals surface area contributed by atoms with E-state index in [1.165, 1.54) is 0 Å². The lowest BCUT2D eigenvalue weighted by Gasteiger charge is -2.53. The van der Waals surface area contributed by atoms with E-state index in [1.807, 2.05) is 188 Å². The monoisotopic (exact) mass is 1190 g/mol. The van der Waals surface area contributed by atoms with Gasteiger partial charge in [-0.1, -0.05) is 245 Å². The SMILES string of the molecule is COc1ccc(C2O[C@H]3[C@H](OCc4ccccc4)[C@H](OCc4ccccc4)[C@H](O[C@H]4[C@H](OCc5ccccc5)[C@@H](OCc5ccccc5)[C@@H](OC)O[C@@H]4COCc4ccccc4)O[C@@H]3[C@H](CO[Si](c3ccccc3)(c3ccccc3)C(C)(C)C)O2)cc1. The van der Waals surface area contributed by atoms with E-state index < -0.39 is 82.1 Å². The van der Waals surface area contributed by atoms with Crippen LogP contribution in [-0.2, 0) is 89.6 Å². The summed E-state index contributed by atoms with van der Waals surface area (Å²) in [6.07, 6.45) is -10.7. The molecular weight excluding hydrogens is 1110 g/mol. The van der Waals surface area contributed by atoms with Crippen molar-refractivity contribution < 1.29 is 61.3 Å². The van der Waals surface area contributed by atoms with Gasteiger partial charge in [-0.25, -0.2) is 0 Å². The molecule has 0 N–H and O–H groups in total. The van der Waals surface area contributed by atoms with Crippen LogP contribution in [-0.4, -0.2) is 103 Å². The van der Waals surface area contributed by atoms with Gasteiger partial charge in [-0.2, -0.15) is 0 Å². The highest BCUT2D eigenvalue weighted by Crippen LogP contribution is 2.44. The fourth-order valence-electron chi connectivity index (χ4n) is 12.0. The second-order valence-corrected chi connectivity index (χ2v) is 27.6. The molecule has 0 aromatic heterocycles. The van der Waals surface area contributed by atoms with Gasteiger partial charge in [-0.15, -0.1) is 0 Å². The molecule has 0 amide bonds. The summed E-state index contributed by atoms with van der Waals surface area (Å²) in [7, 11) is 0.0750. The summed E-state index contributed by atoms with van der Waals surface area (Å²) >= 11 is 0. The Kier molecular flexibility index (Phi) is 21.4. The average Bonchev–Trinajstić information content (AvgIpc) is 0.931. The molecule has 8 aromatic carbocycles. The topological polar surface area (TPSA) is 120 Å². The van der Waals surface area contributed by atoms with Crippen LogP contribution in [0.5, 0.6) is 5.75 Å². The summed E-state index contributed by atoms with van der Waals surface area (Å²) in [5.74, 6) is 0.699. The third-order valence-corrected chi connectivity index (χ3v) is 21.4. The highest BCUT2D eigenvalue weighted by molar-refractivity contribution is 6.99. The highest BCUT2D eigenvalue weighted by Gasteiger charge is 2.59. The van der Waals surface area contributed by atoms with Crippen LogP contribution in [0.2, 0.25) is 5.04 Å². The number of hydrogen-bond acceptors (Lipinski definition) is 13. The molecule has 0 radical (unpaired) electrons. The minimum atomic E-state index is -3.19. The number of benzene rings is 8. The molecular formula is C73H80O13Si. The summed E-state index contributed by atoms with van der Waals surface area (Å²) in [6, 6.07) is 79.2. The molecule has 8 aromatic rings. The van der Waals surface area contributed by atoms with Crippen molar-refractivity contribution in [2.75, 3.05) is 27.4 Å². The van der Waals surface area contributed by atoms with Gasteiger partial charge in [0.15, 0.2) is 18.9 Å². The first-order valence-corrected chi connectivity index (χ1v) is 32.0. The minimum absolute atomic E-state index is 0.0863. The van der Waals surface area contributed by atoms with Crippen LogP contribution in [0, 0.1) is 0 Å². The van der Waals surface area contributed by atoms with Crippen LogP contribution < -0.4 is 15.1 Å². The number of rotatable bonds is 26. The van der Waals surface area contributed by atoms with E-state index in [-0.39, 0.29) is 44.7 Å². The molecule has 12 atom stereocenters. The molecule has 13 nitrogen and oxygen atoms in total. The number of hydrogen-bond donors (Lipinski definition) is 0. The van der Waals surface area contributed by atoms with E-state index in [1.54, 1.807) is 14.2 Å². The Morgan fingerprint density at radius 3 is 1.25 bits per heavy atom. The van der Waals surface area contributed by atoms with Crippen molar-refractivity contribution in [3.63, 3.8) is 0 Å². The molecule has 3 saturated heterocycles. The smallest absolute Gasteiger partial charge is 0.261 e. The predicted octanol–water partition coefficient (Wildman–Crippen LogP) is 12.1. The fourth-order valence-corrected chi connectivity index (χ4v) is 16.6. The van der Waals surface area contributed by atoms with Crippen molar-refractivity contribution in [3.8, 4) is 5.75 Å². The lowest BCUT2D eigenvalue weighted by molar-refractivity contribution is -0.408. The maximum Gasteiger partial charge on any atom is 0.261 e. The molecule has 0 spiro atoms. The van der Waals surface area contributed by atoms with Gasteiger partial charge in [0.05, 0.1) is 53.4 Å². The van der Waals surface area contributed by atoms with Crippen molar-refractivity contribution in [1.82, 2.24) is 0 Å². The van der Waals surface area contributed by atoms with Gasteiger partial charge in [-0.05, 0) is 55.4 Å². The van der Waals surface area contributed by atoms with E-state index >= 15 is 0 Å². The molecule has 1 unspecified atom stereocenters. The Hall–Kier alpha value is -6.70.